The number of piperidine rings is 1. The normalized spacial score (nSPS) is 15.2. The first kappa shape index (κ1) is 15.2. The molecule has 0 unspecified atom stereocenters. The highest BCUT2D eigenvalue weighted by Gasteiger charge is 2.25. The minimum absolute atomic E-state index is 0.273. The lowest BCUT2D eigenvalue weighted by Gasteiger charge is -2.30. The van der Waals surface area contributed by atoms with E-state index in [1.807, 2.05) is 6.07 Å². The van der Waals surface area contributed by atoms with Gasteiger partial charge in [0, 0.05) is 19.2 Å². The Bertz CT molecular complexity index is 748. The van der Waals surface area contributed by atoms with E-state index in [9.17, 15) is 4.79 Å². The second-order valence-corrected chi connectivity index (χ2v) is 6.16. The maximum Gasteiger partial charge on any atom is 0.306 e. The molecular weight excluding hydrogens is 316 g/mol. The van der Waals surface area contributed by atoms with Crippen LogP contribution in [0.1, 0.15) is 17.7 Å². The Hall–Kier alpha value is -2.73. The average molecular weight is 330 g/mol. The quantitative estimate of drug-likeness (QED) is 0.872. The van der Waals surface area contributed by atoms with E-state index in [4.69, 9.17) is 10.4 Å². The van der Waals surface area contributed by atoms with Gasteiger partial charge in [-0.2, -0.15) is 5.26 Å². The van der Waals surface area contributed by atoms with Crippen LogP contribution in [0.25, 0.3) is 0 Å². The smallest absolute Gasteiger partial charge is 0.306 e. The number of carbonyl (C=O) groups is 1. The van der Waals surface area contributed by atoms with Gasteiger partial charge in [0.15, 0.2) is 5.13 Å². The Morgan fingerprint density at radius 1 is 1.39 bits per heavy atom. The average Bonchev–Trinajstić information content (AvgIpc) is 3.03. The molecule has 2 aromatic heterocycles. The van der Waals surface area contributed by atoms with Gasteiger partial charge in [-0.05, 0) is 12.8 Å². The Labute approximate surface area is 136 Å². The fourth-order valence-electron chi connectivity index (χ4n) is 2.44. The first-order valence-corrected chi connectivity index (χ1v) is 7.90. The molecule has 0 bridgehead atoms. The van der Waals surface area contributed by atoms with Gasteiger partial charge in [0.05, 0.1) is 12.1 Å². The van der Waals surface area contributed by atoms with Crippen molar-refractivity contribution in [3.05, 3.63) is 23.5 Å². The molecule has 1 aliphatic rings. The van der Waals surface area contributed by atoms with Gasteiger partial charge in [0.1, 0.15) is 28.9 Å². The first-order valence-electron chi connectivity index (χ1n) is 7.08. The highest BCUT2D eigenvalue weighted by Crippen LogP contribution is 2.25. The summed E-state index contributed by atoms with van der Waals surface area (Å²) in [6, 6.07) is 3.84. The summed E-state index contributed by atoms with van der Waals surface area (Å²) >= 11 is 1.25. The van der Waals surface area contributed by atoms with Crippen molar-refractivity contribution in [3.8, 4) is 6.07 Å². The number of hydrogen-bond acceptors (Lipinski definition) is 8. The van der Waals surface area contributed by atoms with Crippen LogP contribution in [0, 0.1) is 17.2 Å². The van der Waals surface area contributed by atoms with Crippen molar-refractivity contribution in [1.29, 1.82) is 5.26 Å². The number of carboxylic acid groups (broad SMARTS) is 1. The summed E-state index contributed by atoms with van der Waals surface area (Å²) in [5.74, 6) is 0.342. The van der Waals surface area contributed by atoms with Crippen LogP contribution in [0.3, 0.4) is 0 Å². The number of rotatable bonds is 4. The van der Waals surface area contributed by atoms with Crippen molar-refractivity contribution in [2.75, 3.05) is 23.3 Å². The highest BCUT2D eigenvalue weighted by atomic mass is 32.1. The molecule has 3 rings (SSSR count). The summed E-state index contributed by atoms with van der Waals surface area (Å²) < 4.78 is 0. The minimum atomic E-state index is -0.730. The van der Waals surface area contributed by atoms with Crippen LogP contribution in [-0.4, -0.2) is 39.1 Å². The van der Waals surface area contributed by atoms with Gasteiger partial charge in [0.25, 0.3) is 0 Å². The van der Waals surface area contributed by atoms with E-state index in [0.29, 0.717) is 41.8 Å². The lowest BCUT2D eigenvalue weighted by Crippen LogP contribution is -2.36. The molecule has 1 saturated heterocycles. The van der Waals surface area contributed by atoms with Gasteiger partial charge in [-0.3, -0.25) is 4.79 Å². The Kier molecular flexibility index (Phi) is 4.34. The maximum atomic E-state index is 11.0. The summed E-state index contributed by atoms with van der Waals surface area (Å²) in [7, 11) is 0. The third-order valence-corrected chi connectivity index (χ3v) is 4.49. The van der Waals surface area contributed by atoms with Crippen LogP contribution in [0.2, 0.25) is 0 Å². The van der Waals surface area contributed by atoms with E-state index in [0.717, 1.165) is 5.82 Å². The Morgan fingerprint density at radius 2 is 2.17 bits per heavy atom. The van der Waals surface area contributed by atoms with E-state index in [-0.39, 0.29) is 5.92 Å². The van der Waals surface area contributed by atoms with Gasteiger partial charge >= 0.3 is 5.97 Å². The number of aliphatic carboxylic acids is 1. The van der Waals surface area contributed by atoms with Crippen molar-refractivity contribution in [3.63, 3.8) is 0 Å². The zero-order valence-electron chi connectivity index (χ0n) is 12.1. The molecule has 0 aromatic carbocycles. The standard InChI is InChI=1S/C14H14N6O2S/c15-6-10-7-16-14(23-10)19-11-5-12(18-8-17-11)20-3-1-9(2-4-20)13(21)22/h5,7-9H,1-4H2,(H,21,22)(H,16,17,18,19). The molecule has 23 heavy (non-hydrogen) atoms. The molecule has 3 heterocycles. The van der Waals surface area contributed by atoms with E-state index in [2.05, 4.69) is 25.2 Å². The van der Waals surface area contributed by atoms with Gasteiger partial charge < -0.3 is 15.3 Å². The monoisotopic (exact) mass is 330 g/mol. The van der Waals surface area contributed by atoms with Crippen LogP contribution in [-0.2, 0) is 4.79 Å². The molecule has 0 spiro atoms. The molecule has 0 aliphatic carbocycles. The topological polar surface area (TPSA) is 115 Å². The molecule has 8 nitrogen and oxygen atoms in total. The number of nitriles is 1. The summed E-state index contributed by atoms with van der Waals surface area (Å²) in [5, 5.41) is 21.5. The molecule has 2 N–H and O–H groups in total. The van der Waals surface area contributed by atoms with E-state index >= 15 is 0 Å². The lowest BCUT2D eigenvalue weighted by atomic mass is 9.97. The van der Waals surface area contributed by atoms with Crippen LogP contribution in [0.15, 0.2) is 18.6 Å². The van der Waals surface area contributed by atoms with Crippen LogP contribution in [0.4, 0.5) is 16.8 Å². The zero-order valence-corrected chi connectivity index (χ0v) is 13.0. The summed E-state index contributed by atoms with van der Waals surface area (Å²) in [4.78, 5) is 26.1. The molecule has 9 heteroatoms. The minimum Gasteiger partial charge on any atom is -0.481 e. The predicted octanol–water partition coefficient (Wildman–Crippen LogP) is 1.85. The predicted molar refractivity (Wildman–Crippen MR) is 84.7 cm³/mol. The van der Waals surface area contributed by atoms with Gasteiger partial charge in [-0.25, -0.2) is 15.0 Å². The highest BCUT2D eigenvalue weighted by molar-refractivity contribution is 7.16. The second-order valence-electron chi connectivity index (χ2n) is 5.13. The van der Waals surface area contributed by atoms with Crippen molar-refractivity contribution in [2.24, 2.45) is 5.92 Å². The fraction of sp³-hybridized carbons (Fsp3) is 0.357. The Balaban J connectivity index is 1.68. The van der Waals surface area contributed by atoms with Crippen molar-refractivity contribution in [2.45, 2.75) is 12.8 Å². The van der Waals surface area contributed by atoms with Crippen LogP contribution in [0.5, 0.6) is 0 Å². The van der Waals surface area contributed by atoms with Crippen molar-refractivity contribution < 1.29 is 9.90 Å². The van der Waals surface area contributed by atoms with Crippen LogP contribution >= 0.6 is 11.3 Å². The van der Waals surface area contributed by atoms with Gasteiger partial charge in [-0.15, -0.1) is 0 Å². The van der Waals surface area contributed by atoms with Gasteiger partial charge in [-0.1, -0.05) is 11.3 Å². The van der Waals surface area contributed by atoms with E-state index < -0.39 is 5.97 Å². The summed E-state index contributed by atoms with van der Waals surface area (Å²) in [5.41, 5.74) is 0. The zero-order chi connectivity index (χ0) is 16.2. The van der Waals surface area contributed by atoms with E-state index in [1.165, 1.54) is 23.9 Å². The van der Waals surface area contributed by atoms with Crippen molar-refractivity contribution >= 4 is 34.1 Å². The van der Waals surface area contributed by atoms with Crippen molar-refractivity contribution in [1.82, 2.24) is 15.0 Å². The molecule has 0 saturated carbocycles. The number of aromatic nitrogens is 3. The molecule has 0 radical (unpaired) electrons. The number of nitrogens with one attached hydrogen (secondary N) is 1. The SMILES string of the molecule is N#Cc1cnc(Nc2cc(N3CCC(C(=O)O)CC3)ncn2)s1. The number of anilines is 3. The van der Waals surface area contributed by atoms with Crippen LogP contribution < -0.4 is 10.2 Å². The lowest BCUT2D eigenvalue weighted by molar-refractivity contribution is -0.142. The number of nitrogens with zero attached hydrogens (tertiary/aromatic N) is 5. The maximum absolute atomic E-state index is 11.0. The molecule has 1 fully saturated rings. The van der Waals surface area contributed by atoms with Gasteiger partial charge in [0.2, 0.25) is 0 Å². The fourth-order valence-corrected chi connectivity index (χ4v) is 3.06. The first-order chi connectivity index (χ1) is 11.2. The molecule has 0 atom stereocenters. The molecular formula is C14H14N6O2S. The molecule has 118 valence electrons. The third kappa shape index (κ3) is 3.54. The molecule has 0 amide bonds. The summed E-state index contributed by atoms with van der Waals surface area (Å²) in [6.07, 6.45) is 4.19. The van der Waals surface area contributed by atoms with E-state index in [1.54, 1.807) is 6.07 Å². The molecule has 1 aliphatic heterocycles. The number of hydrogen-bond donors (Lipinski definition) is 2. The Morgan fingerprint density at radius 3 is 2.83 bits per heavy atom. The number of carboxylic acids is 1. The second kappa shape index (κ2) is 6.58. The largest absolute Gasteiger partial charge is 0.481 e. The third-order valence-electron chi connectivity index (χ3n) is 3.67. The summed E-state index contributed by atoms with van der Waals surface area (Å²) in [6.45, 7) is 1.31. The number of thiazole rings is 1. The molecule has 2 aromatic rings.